The molecule has 0 radical (unpaired) electrons. The van der Waals surface area contributed by atoms with Crippen molar-refractivity contribution in [2.75, 3.05) is 5.32 Å². The van der Waals surface area contributed by atoms with E-state index in [-0.39, 0.29) is 52.0 Å². The number of urea groups is 1. The highest BCUT2D eigenvalue weighted by molar-refractivity contribution is 6.31. The molecule has 8 N–H and O–H groups in total. The average molecular weight is 744 g/mol. The number of rotatable bonds is 8. The van der Waals surface area contributed by atoms with Gasteiger partial charge in [-0.2, -0.15) is 5.26 Å². The van der Waals surface area contributed by atoms with E-state index in [4.69, 9.17) is 32.9 Å². The van der Waals surface area contributed by atoms with Gasteiger partial charge in [-0.3, -0.25) is 25.0 Å². The fraction of sp³-hybridized carbons (Fsp3) is 0.0303. The summed E-state index contributed by atoms with van der Waals surface area (Å²) in [6.45, 7) is 0.186. The SMILES string of the molecule is N#Cc1ccccc1[N+](=O)[O-].N/C(=N\O)c1ccccc1[N+](=O)[O-].O=C(NCc1ccccc1Cl)Nc1ccccc1-c1nc(C(=O)O)c(O)c(=O)[nH]1. The van der Waals surface area contributed by atoms with E-state index < -0.39 is 38.8 Å². The number of nitrogens with one attached hydrogen (secondary N) is 3. The number of nitrogens with zero attached hydrogens (tertiary/aromatic N) is 5. The standard InChI is InChI=1S/C19H15ClN4O5.C7H7N3O3.C7H4N2O2/c20-12-7-3-1-5-10(12)9-21-19(29)22-13-8-4-2-6-11(13)16-23-14(18(27)28)15(25)17(26)24-16;8-7(9-11)5-3-1-2-4-6(5)10(12)13;8-5-6-3-1-2-4-7(6)9(10)11/h1-8,25H,9H2,(H,27,28)(H2,21,22,29)(H,23,24,26);1-4,11H,(H2,8,9);1-4H. The van der Waals surface area contributed by atoms with Crippen LogP contribution in [-0.2, 0) is 6.54 Å². The molecule has 0 saturated carbocycles. The molecule has 0 saturated heterocycles. The smallest absolute Gasteiger partial charge is 0.358 e. The van der Waals surface area contributed by atoms with E-state index in [9.17, 15) is 39.7 Å². The Morgan fingerprint density at radius 3 is 2.13 bits per heavy atom. The minimum atomic E-state index is -1.56. The number of aromatic amines is 1. The number of amidine groups is 1. The number of halogens is 1. The molecule has 0 fully saturated rings. The molecule has 0 aliphatic carbocycles. The lowest BCUT2D eigenvalue weighted by Gasteiger charge is -2.12. The van der Waals surface area contributed by atoms with Crippen LogP contribution >= 0.6 is 11.6 Å². The summed E-state index contributed by atoms with van der Waals surface area (Å²) >= 11 is 6.06. The van der Waals surface area contributed by atoms with Crippen LogP contribution in [0.4, 0.5) is 21.9 Å². The van der Waals surface area contributed by atoms with Crippen LogP contribution < -0.4 is 21.9 Å². The molecule has 19 nitrogen and oxygen atoms in total. The van der Waals surface area contributed by atoms with Crippen molar-refractivity contribution in [3.63, 3.8) is 0 Å². The second kappa shape index (κ2) is 18.8. The Balaban J connectivity index is 0.000000258. The van der Waals surface area contributed by atoms with Crippen LogP contribution in [0.1, 0.15) is 27.2 Å². The lowest BCUT2D eigenvalue weighted by atomic mass is 10.1. The number of amides is 2. The predicted octanol–water partition coefficient (Wildman–Crippen LogP) is 4.97. The van der Waals surface area contributed by atoms with E-state index in [1.54, 1.807) is 60.7 Å². The van der Waals surface area contributed by atoms with Gasteiger partial charge in [0.1, 0.15) is 17.5 Å². The third kappa shape index (κ3) is 10.8. The van der Waals surface area contributed by atoms with Crippen molar-refractivity contribution in [1.82, 2.24) is 15.3 Å². The number of carbonyl (C=O) groups is 2. The molecule has 5 aromatic rings. The number of para-hydroxylation sites is 3. The zero-order valence-corrected chi connectivity index (χ0v) is 27.6. The number of nitro benzene ring substituents is 2. The molecule has 1 aromatic heterocycles. The number of nitrogens with two attached hydrogens (primary N) is 1. The predicted molar refractivity (Wildman–Crippen MR) is 190 cm³/mol. The Labute approximate surface area is 302 Å². The van der Waals surface area contributed by atoms with Crippen molar-refractivity contribution in [3.05, 3.63) is 155 Å². The molecular formula is C33H26ClN9O10. The minimum Gasteiger partial charge on any atom is -0.501 e. The molecule has 0 bridgehead atoms. The molecule has 0 unspecified atom stereocenters. The number of oxime groups is 1. The van der Waals surface area contributed by atoms with Gasteiger partial charge in [-0.05, 0) is 35.9 Å². The van der Waals surface area contributed by atoms with Crippen molar-refractivity contribution in [3.8, 4) is 23.2 Å². The number of H-pyrrole nitrogens is 1. The van der Waals surface area contributed by atoms with Crippen LogP contribution in [0, 0.1) is 31.6 Å². The molecule has 5 rings (SSSR count). The Morgan fingerprint density at radius 1 is 0.943 bits per heavy atom. The molecule has 1 heterocycles. The van der Waals surface area contributed by atoms with Crippen LogP contribution in [-0.4, -0.2) is 53.1 Å². The molecular weight excluding hydrogens is 718 g/mol. The maximum Gasteiger partial charge on any atom is 0.358 e. The second-order valence-corrected chi connectivity index (χ2v) is 10.4. The number of aromatic carboxylic acids is 1. The zero-order chi connectivity index (χ0) is 39.1. The molecule has 2 amide bonds. The number of anilines is 1. The molecule has 0 atom stereocenters. The molecule has 0 aliphatic rings. The summed E-state index contributed by atoms with van der Waals surface area (Å²) in [4.78, 5) is 60.9. The fourth-order valence-electron chi connectivity index (χ4n) is 4.16. The summed E-state index contributed by atoms with van der Waals surface area (Å²) in [5.74, 6) is -2.94. The lowest BCUT2D eigenvalue weighted by molar-refractivity contribution is -0.385. The number of aromatic nitrogens is 2. The van der Waals surface area contributed by atoms with E-state index in [2.05, 4.69) is 25.8 Å². The topological polar surface area (TPSA) is 313 Å². The van der Waals surface area contributed by atoms with Gasteiger partial charge in [0.05, 0.1) is 21.1 Å². The first-order valence-electron chi connectivity index (χ1n) is 14.6. The first-order chi connectivity index (χ1) is 25.3. The van der Waals surface area contributed by atoms with Crippen LogP contribution in [0.15, 0.2) is 107 Å². The quantitative estimate of drug-likeness (QED) is 0.0363. The van der Waals surface area contributed by atoms with Crippen LogP contribution in [0.2, 0.25) is 5.02 Å². The average Bonchev–Trinajstić information content (AvgIpc) is 3.15. The largest absolute Gasteiger partial charge is 0.501 e. The number of hydrogen-bond acceptors (Lipinski definition) is 12. The highest BCUT2D eigenvalue weighted by Crippen LogP contribution is 2.26. The molecule has 4 aromatic carbocycles. The van der Waals surface area contributed by atoms with E-state index >= 15 is 0 Å². The number of carboxylic acid groups (broad SMARTS) is 1. The van der Waals surface area contributed by atoms with E-state index in [1.165, 1.54) is 42.5 Å². The van der Waals surface area contributed by atoms with Gasteiger partial charge in [-0.25, -0.2) is 14.6 Å². The Kier molecular flexibility index (Phi) is 14.0. The number of nitro groups is 2. The maximum absolute atomic E-state index is 12.3. The summed E-state index contributed by atoms with van der Waals surface area (Å²) in [7, 11) is 0. The Morgan fingerprint density at radius 2 is 1.53 bits per heavy atom. The van der Waals surface area contributed by atoms with Crippen molar-refractivity contribution >= 4 is 46.5 Å². The van der Waals surface area contributed by atoms with Crippen molar-refractivity contribution in [2.45, 2.75) is 6.54 Å². The monoisotopic (exact) mass is 743 g/mol. The summed E-state index contributed by atoms with van der Waals surface area (Å²) in [5, 5.41) is 64.6. The van der Waals surface area contributed by atoms with Crippen molar-refractivity contribution in [2.24, 2.45) is 10.9 Å². The van der Waals surface area contributed by atoms with Gasteiger partial charge in [-0.1, -0.05) is 71.4 Å². The molecule has 270 valence electrons. The van der Waals surface area contributed by atoms with Crippen LogP contribution in [0.5, 0.6) is 5.75 Å². The summed E-state index contributed by atoms with van der Waals surface area (Å²) in [6, 6.07) is 26.2. The Bertz CT molecular complexity index is 2290. The summed E-state index contributed by atoms with van der Waals surface area (Å²) in [6.07, 6.45) is 0. The summed E-state index contributed by atoms with van der Waals surface area (Å²) in [5.41, 5.74) is 4.57. The number of nitriles is 1. The Hall–Kier alpha value is -7.85. The molecule has 20 heteroatoms. The van der Waals surface area contributed by atoms with Gasteiger partial charge < -0.3 is 36.8 Å². The number of aromatic hydroxyl groups is 1. The van der Waals surface area contributed by atoms with Gasteiger partial charge in [0.2, 0.25) is 5.75 Å². The normalized spacial score (nSPS) is 10.2. The van der Waals surface area contributed by atoms with Gasteiger partial charge in [-0.15, -0.1) is 0 Å². The number of carboxylic acids is 1. The van der Waals surface area contributed by atoms with Gasteiger partial charge in [0, 0.05) is 29.3 Å². The number of benzene rings is 4. The summed E-state index contributed by atoms with van der Waals surface area (Å²) < 4.78 is 0. The third-order valence-corrected chi connectivity index (χ3v) is 7.00. The number of carbonyl (C=O) groups excluding carboxylic acids is 1. The lowest BCUT2D eigenvalue weighted by Crippen LogP contribution is -2.28. The first kappa shape index (κ1) is 39.6. The van der Waals surface area contributed by atoms with Crippen LogP contribution in [0.25, 0.3) is 11.4 Å². The fourth-order valence-corrected chi connectivity index (χ4v) is 4.36. The van der Waals surface area contributed by atoms with Crippen molar-refractivity contribution in [1.29, 1.82) is 5.26 Å². The maximum atomic E-state index is 12.3. The van der Waals surface area contributed by atoms with Gasteiger partial charge in [0.15, 0.2) is 11.5 Å². The highest BCUT2D eigenvalue weighted by Gasteiger charge is 2.19. The van der Waals surface area contributed by atoms with Crippen LogP contribution in [0.3, 0.4) is 0 Å². The zero-order valence-electron chi connectivity index (χ0n) is 26.8. The molecule has 0 aliphatic heterocycles. The number of hydrogen-bond donors (Lipinski definition) is 7. The van der Waals surface area contributed by atoms with Gasteiger partial charge >= 0.3 is 12.0 Å². The third-order valence-electron chi connectivity index (χ3n) is 6.63. The first-order valence-corrected chi connectivity index (χ1v) is 15.0. The molecule has 0 spiro atoms. The van der Waals surface area contributed by atoms with Crippen molar-refractivity contribution < 1.29 is 34.9 Å². The van der Waals surface area contributed by atoms with E-state index in [1.807, 2.05) is 0 Å². The molecule has 53 heavy (non-hydrogen) atoms. The van der Waals surface area contributed by atoms with E-state index in [0.717, 1.165) is 5.56 Å². The van der Waals surface area contributed by atoms with E-state index in [0.29, 0.717) is 5.02 Å². The van der Waals surface area contributed by atoms with Gasteiger partial charge in [0.25, 0.3) is 16.9 Å². The minimum absolute atomic E-state index is 0.0949. The highest BCUT2D eigenvalue weighted by atomic mass is 35.5. The second-order valence-electron chi connectivity index (χ2n) is 10.0.